The van der Waals surface area contributed by atoms with Gasteiger partial charge in [-0.15, -0.1) is 0 Å². The fourth-order valence-electron chi connectivity index (χ4n) is 7.59. The van der Waals surface area contributed by atoms with E-state index in [0.717, 1.165) is 30.4 Å². The summed E-state index contributed by atoms with van der Waals surface area (Å²) in [5.74, 6) is 1.64. The molecule has 6 rings (SSSR count). The maximum atomic E-state index is 13.9. The number of aryl methyl sites for hydroxylation is 3. The second-order valence-corrected chi connectivity index (χ2v) is 12.9. The fourth-order valence-corrected chi connectivity index (χ4v) is 7.59. The zero-order valence-corrected chi connectivity index (χ0v) is 26.9. The number of likely N-dealkylation sites (tertiary alicyclic amines) is 1. The van der Waals surface area contributed by atoms with Crippen molar-refractivity contribution in [3.63, 3.8) is 0 Å². The van der Waals surface area contributed by atoms with E-state index in [1.54, 1.807) is 39.5 Å². The molecule has 3 aliphatic heterocycles. The quantitative estimate of drug-likeness (QED) is 0.473. The maximum absolute atomic E-state index is 13.9. The Hall–Kier alpha value is -4.41. The highest BCUT2D eigenvalue weighted by molar-refractivity contribution is 5.97. The van der Waals surface area contributed by atoms with Crippen LogP contribution in [0.4, 0.5) is 0 Å². The lowest BCUT2D eigenvalue weighted by molar-refractivity contribution is -0.140. The Balaban J connectivity index is 1.23. The molecule has 11 heteroatoms. The van der Waals surface area contributed by atoms with Gasteiger partial charge in [0.1, 0.15) is 0 Å². The van der Waals surface area contributed by atoms with Gasteiger partial charge in [-0.25, -0.2) is 4.98 Å². The molecule has 2 aromatic carbocycles. The molecule has 2 saturated heterocycles. The molecular weight excluding hydrogens is 586 g/mol. The lowest BCUT2D eigenvalue weighted by atomic mass is 9.77. The molecule has 244 valence electrons. The number of hydrogen-bond acceptors (Lipinski definition) is 7. The summed E-state index contributed by atoms with van der Waals surface area (Å²) in [5, 5.41) is 3.53. The first-order valence-electron chi connectivity index (χ1n) is 16.3. The molecule has 0 aliphatic carbocycles. The number of benzene rings is 2. The molecule has 0 saturated carbocycles. The topological polar surface area (TPSA) is 123 Å². The molecule has 11 nitrogen and oxygen atoms in total. The van der Waals surface area contributed by atoms with Crippen LogP contribution in [0, 0.1) is 11.8 Å². The van der Waals surface area contributed by atoms with Gasteiger partial charge in [-0.05, 0) is 85.8 Å². The van der Waals surface area contributed by atoms with E-state index < -0.39 is 0 Å². The second kappa shape index (κ2) is 13.5. The number of aromatic nitrogens is 2. The van der Waals surface area contributed by atoms with Crippen LogP contribution < -0.4 is 20.3 Å². The highest BCUT2D eigenvalue weighted by atomic mass is 16.5. The Labute approximate surface area is 268 Å². The second-order valence-electron chi connectivity index (χ2n) is 12.9. The van der Waals surface area contributed by atoms with Crippen LogP contribution in [-0.4, -0.2) is 83.5 Å². The Morgan fingerprint density at radius 2 is 1.80 bits per heavy atom. The highest BCUT2D eigenvalue weighted by Crippen LogP contribution is 2.37. The molecule has 1 N–H and O–H groups in total. The van der Waals surface area contributed by atoms with Crippen molar-refractivity contribution in [3.05, 3.63) is 63.7 Å². The average molecular weight is 630 g/mol. The maximum Gasteiger partial charge on any atom is 0.260 e. The number of hydrogen-bond donors (Lipinski definition) is 1. The van der Waals surface area contributed by atoms with Gasteiger partial charge in [-0.1, -0.05) is 6.07 Å². The molecule has 0 radical (unpaired) electrons. The monoisotopic (exact) mass is 629 g/mol. The lowest BCUT2D eigenvalue weighted by Gasteiger charge is -2.51. The predicted molar refractivity (Wildman–Crippen MR) is 173 cm³/mol. The third kappa shape index (κ3) is 6.45. The SMILES string of the molecule is COc1cc2cc(c1OC)CCCNC(=O)CCC[C@H]1[C@@H]3C[C@@H](CN(C(=O)c4ccc5c(=O)n(C)cnc5c4)C3)CN1C(=O)CC2. The lowest BCUT2D eigenvalue weighted by Crippen LogP contribution is -2.60. The first-order valence-corrected chi connectivity index (χ1v) is 16.3. The van der Waals surface area contributed by atoms with E-state index >= 15 is 0 Å². The molecular formula is C35H43N5O6. The number of fused-ring (bicyclic) bond motifs is 7. The summed E-state index contributed by atoms with van der Waals surface area (Å²) in [7, 11) is 4.90. The molecule has 4 heterocycles. The number of nitrogens with zero attached hydrogens (tertiary/aromatic N) is 4. The minimum atomic E-state index is -0.151. The van der Waals surface area contributed by atoms with Crippen molar-refractivity contribution in [1.29, 1.82) is 0 Å². The van der Waals surface area contributed by atoms with Crippen molar-refractivity contribution < 1.29 is 23.9 Å². The van der Waals surface area contributed by atoms with Crippen molar-refractivity contribution in [1.82, 2.24) is 24.7 Å². The van der Waals surface area contributed by atoms with Crippen molar-refractivity contribution in [3.8, 4) is 11.5 Å². The molecule has 3 aromatic rings. The third-order valence-electron chi connectivity index (χ3n) is 9.83. The Bertz CT molecular complexity index is 1700. The van der Waals surface area contributed by atoms with Crippen LogP contribution in [-0.2, 0) is 29.5 Å². The standard InChI is InChI=1S/C35H43N5O6/c1-38-21-37-28-17-25(10-11-27(28)35(38)44)34(43)39-18-23-15-26(20-39)29-7-4-8-31(41)36-13-5-6-24-14-22(9-12-32(42)40(29)19-23)16-30(45-2)33(24)46-3/h10-11,14,16-17,21,23,26,29H,4-9,12-13,15,18-20H2,1-3H3,(H,36,41)/t23-,26+,29-/m0/s1. The van der Waals surface area contributed by atoms with Crippen LogP contribution in [0.25, 0.3) is 10.9 Å². The van der Waals surface area contributed by atoms with E-state index in [1.807, 2.05) is 15.9 Å². The van der Waals surface area contributed by atoms with Crippen molar-refractivity contribution in [2.45, 2.75) is 57.4 Å². The molecule has 46 heavy (non-hydrogen) atoms. The minimum Gasteiger partial charge on any atom is -0.493 e. The van der Waals surface area contributed by atoms with Crippen LogP contribution in [0.5, 0.6) is 11.5 Å². The van der Waals surface area contributed by atoms with Gasteiger partial charge in [0.15, 0.2) is 11.5 Å². The molecule has 4 bridgehead atoms. The van der Waals surface area contributed by atoms with Gasteiger partial charge in [-0.2, -0.15) is 0 Å². The number of amides is 3. The zero-order chi connectivity index (χ0) is 32.4. The fraction of sp³-hybridized carbons (Fsp3) is 0.514. The van der Waals surface area contributed by atoms with E-state index in [9.17, 15) is 19.2 Å². The van der Waals surface area contributed by atoms with Crippen molar-refractivity contribution in [2.24, 2.45) is 18.9 Å². The Morgan fingerprint density at radius 3 is 2.61 bits per heavy atom. The Morgan fingerprint density at radius 1 is 0.957 bits per heavy atom. The molecule has 0 unspecified atom stereocenters. The van der Waals surface area contributed by atoms with Crippen LogP contribution >= 0.6 is 0 Å². The van der Waals surface area contributed by atoms with Gasteiger partial charge >= 0.3 is 0 Å². The average Bonchev–Trinajstić information content (AvgIpc) is 3.06. The minimum absolute atomic E-state index is 0.0112. The van der Waals surface area contributed by atoms with Gasteiger partial charge in [0.2, 0.25) is 11.8 Å². The summed E-state index contributed by atoms with van der Waals surface area (Å²) in [4.78, 5) is 61.2. The summed E-state index contributed by atoms with van der Waals surface area (Å²) in [6.45, 7) is 2.26. The van der Waals surface area contributed by atoms with E-state index in [2.05, 4.69) is 16.4 Å². The molecule has 2 fully saturated rings. The van der Waals surface area contributed by atoms with Gasteiger partial charge in [0.05, 0.1) is 31.4 Å². The van der Waals surface area contributed by atoms with Gasteiger partial charge < -0.3 is 29.2 Å². The summed E-state index contributed by atoms with van der Waals surface area (Å²) in [6, 6.07) is 9.07. The zero-order valence-electron chi connectivity index (χ0n) is 26.9. The van der Waals surface area contributed by atoms with Crippen molar-refractivity contribution in [2.75, 3.05) is 40.4 Å². The number of rotatable bonds is 3. The number of carbonyl (C=O) groups excluding carboxylic acids is 3. The van der Waals surface area contributed by atoms with Crippen LogP contribution in [0.15, 0.2) is 41.5 Å². The molecule has 3 amide bonds. The summed E-state index contributed by atoms with van der Waals surface area (Å²) in [5.41, 5.74) is 2.88. The van der Waals surface area contributed by atoms with E-state index in [-0.39, 0.29) is 41.2 Å². The largest absolute Gasteiger partial charge is 0.493 e. The number of methoxy groups -OCH3 is 2. The number of carbonyl (C=O) groups is 3. The van der Waals surface area contributed by atoms with Crippen LogP contribution in [0.2, 0.25) is 0 Å². The first-order chi connectivity index (χ1) is 22.2. The smallest absolute Gasteiger partial charge is 0.260 e. The molecule has 3 aliphatic rings. The Kier molecular flexibility index (Phi) is 9.28. The molecule has 0 spiro atoms. The van der Waals surface area contributed by atoms with Gasteiger partial charge in [0.25, 0.3) is 11.5 Å². The van der Waals surface area contributed by atoms with Gasteiger partial charge in [-0.3, -0.25) is 19.2 Å². The highest BCUT2D eigenvalue weighted by Gasteiger charge is 2.43. The van der Waals surface area contributed by atoms with Gasteiger partial charge in [0, 0.05) is 57.7 Å². The first kappa shape index (κ1) is 31.6. The van der Waals surface area contributed by atoms with Crippen LogP contribution in [0.3, 0.4) is 0 Å². The van der Waals surface area contributed by atoms with E-state index in [4.69, 9.17) is 9.47 Å². The normalized spacial score (nSPS) is 22.6. The number of piperidine rings is 2. The summed E-state index contributed by atoms with van der Waals surface area (Å²) >= 11 is 0. The molecule has 3 atom stereocenters. The third-order valence-corrected chi connectivity index (χ3v) is 9.83. The number of ether oxygens (including phenoxy) is 2. The molecule has 1 aromatic heterocycles. The van der Waals surface area contributed by atoms with E-state index in [1.165, 1.54) is 10.9 Å². The summed E-state index contributed by atoms with van der Waals surface area (Å²) in [6.07, 6.45) is 6.64. The van der Waals surface area contributed by atoms with Crippen LogP contribution in [0.1, 0.15) is 60.0 Å². The predicted octanol–water partition coefficient (Wildman–Crippen LogP) is 3.11. The van der Waals surface area contributed by atoms with Crippen molar-refractivity contribution >= 4 is 28.6 Å². The summed E-state index contributed by atoms with van der Waals surface area (Å²) < 4.78 is 12.7. The van der Waals surface area contributed by atoms with E-state index in [0.29, 0.717) is 86.2 Å². The number of nitrogens with one attached hydrogen (secondary N) is 1.